The van der Waals surface area contributed by atoms with Gasteiger partial charge < -0.3 is 10.1 Å². The summed E-state index contributed by atoms with van der Waals surface area (Å²) in [4.78, 5) is 2.68. The maximum atomic E-state index is 5.23. The van der Waals surface area contributed by atoms with E-state index >= 15 is 0 Å². The van der Waals surface area contributed by atoms with Crippen LogP contribution in [-0.4, -0.2) is 37.2 Å². The number of piperidine rings is 1. The van der Waals surface area contributed by atoms with Crippen LogP contribution < -0.4 is 10.1 Å². The summed E-state index contributed by atoms with van der Waals surface area (Å²) < 4.78 is 5.23. The molecular weight excluding hydrogens is 248 g/mol. The Morgan fingerprint density at radius 2 is 1.95 bits per heavy atom. The Morgan fingerprint density at radius 1 is 1.15 bits per heavy atom. The van der Waals surface area contributed by atoms with E-state index in [-0.39, 0.29) is 0 Å². The Balaban J connectivity index is 1.61. The van der Waals surface area contributed by atoms with Crippen LogP contribution >= 0.6 is 0 Å². The number of benzene rings is 1. The zero-order chi connectivity index (χ0) is 13.9. The van der Waals surface area contributed by atoms with Crippen LogP contribution in [0.5, 0.6) is 5.75 Å². The molecule has 1 aromatic rings. The monoisotopic (exact) mass is 274 g/mol. The van der Waals surface area contributed by atoms with E-state index in [1.54, 1.807) is 7.11 Å². The van der Waals surface area contributed by atoms with Crippen molar-refractivity contribution in [3.8, 4) is 5.75 Å². The second-order valence-electron chi connectivity index (χ2n) is 6.16. The molecule has 110 valence electrons. The summed E-state index contributed by atoms with van der Waals surface area (Å²) in [6.45, 7) is 4.85. The van der Waals surface area contributed by atoms with E-state index in [0.717, 1.165) is 11.8 Å². The average molecular weight is 274 g/mol. The lowest BCUT2D eigenvalue weighted by atomic mass is 9.97. The van der Waals surface area contributed by atoms with Crippen LogP contribution in [0.3, 0.4) is 0 Å². The van der Waals surface area contributed by atoms with Gasteiger partial charge in [-0.2, -0.15) is 0 Å². The molecule has 0 radical (unpaired) electrons. The van der Waals surface area contributed by atoms with Gasteiger partial charge in [-0.05, 0) is 50.4 Å². The van der Waals surface area contributed by atoms with Crippen molar-refractivity contribution >= 4 is 0 Å². The first-order chi connectivity index (χ1) is 9.78. The van der Waals surface area contributed by atoms with Gasteiger partial charge in [0.05, 0.1) is 7.11 Å². The molecule has 0 saturated carbocycles. The van der Waals surface area contributed by atoms with Gasteiger partial charge in [-0.25, -0.2) is 0 Å². The summed E-state index contributed by atoms with van der Waals surface area (Å²) in [5.41, 5.74) is 1.35. The van der Waals surface area contributed by atoms with Crippen molar-refractivity contribution in [2.75, 3.05) is 20.2 Å². The van der Waals surface area contributed by atoms with E-state index in [4.69, 9.17) is 4.74 Å². The second-order valence-corrected chi connectivity index (χ2v) is 6.16. The lowest BCUT2D eigenvalue weighted by Crippen LogP contribution is -2.45. The standard InChI is InChI=1S/C17H26N2O/c1-13(14-6-8-15(20-2)9-7-14)18-16-10-12-19-11-4-3-5-17(16)19/h6-9,13,16-18H,3-5,10-12H2,1-2H3/t13-,16?,17?/m0/s1. The number of nitrogens with one attached hydrogen (secondary N) is 1. The fourth-order valence-electron chi connectivity index (χ4n) is 3.75. The number of ether oxygens (including phenoxy) is 1. The fourth-order valence-corrected chi connectivity index (χ4v) is 3.75. The molecule has 3 nitrogen and oxygen atoms in total. The molecule has 1 N–H and O–H groups in total. The molecule has 3 heteroatoms. The van der Waals surface area contributed by atoms with Crippen molar-refractivity contribution in [2.45, 2.75) is 50.7 Å². The second kappa shape index (κ2) is 6.15. The van der Waals surface area contributed by atoms with Gasteiger partial charge in [-0.3, -0.25) is 4.90 Å². The third-order valence-corrected chi connectivity index (χ3v) is 4.94. The van der Waals surface area contributed by atoms with Gasteiger partial charge in [0.1, 0.15) is 5.75 Å². The zero-order valence-corrected chi connectivity index (χ0v) is 12.6. The van der Waals surface area contributed by atoms with Crippen LogP contribution in [0, 0.1) is 0 Å². The van der Waals surface area contributed by atoms with E-state index in [0.29, 0.717) is 12.1 Å². The quantitative estimate of drug-likeness (QED) is 0.913. The highest BCUT2D eigenvalue weighted by Crippen LogP contribution is 2.29. The summed E-state index contributed by atoms with van der Waals surface area (Å²) in [5.74, 6) is 0.931. The summed E-state index contributed by atoms with van der Waals surface area (Å²) >= 11 is 0. The van der Waals surface area contributed by atoms with E-state index in [2.05, 4.69) is 41.4 Å². The highest BCUT2D eigenvalue weighted by Gasteiger charge is 2.35. The molecule has 0 aliphatic carbocycles. The average Bonchev–Trinajstić information content (AvgIpc) is 2.91. The topological polar surface area (TPSA) is 24.5 Å². The van der Waals surface area contributed by atoms with Crippen LogP contribution in [0.2, 0.25) is 0 Å². The van der Waals surface area contributed by atoms with Crippen LogP contribution in [-0.2, 0) is 0 Å². The molecule has 20 heavy (non-hydrogen) atoms. The number of hydrogen-bond donors (Lipinski definition) is 1. The normalized spacial score (nSPS) is 28.1. The highest BCUT2D eigenvalue weighted by atomic mass is 16.5. The molecule has 2 fully saturated rings. The molecule has 2 heterocycles. The van der Waals surface area contributed by atoms with Crippen LogP contribution in [0.4, 0.5) is 0 Å². The number of fused-ring (bicyclic) bond motifs is 1. The predicted molar refractivity (Wildman–Crippen MR) is 82.2 cm³/mol. The molecule has 2 aliphatic rings. The molecule has 2 aliphatic heterocycles. The SMILES string of the molecule is COc1ccc([C@H](C)NC2CCN3CCCCC23)cc1. The van der Waals surface area contributed by atoms with Gasteiger partial charge in [0.2, 0.25) is 0 Å². The summed E-state index contributed by atoms with van der Waals surface area (Å²) in [6.07, 6.45) is 5.45. The molecule has 2 saturated heterocycles. The van der Waals surface area contributed by atoms with E-state index in [1.807, 2.05) is 0 Å². The molecule has 0 spiro atoms. The molecule has 3 atom stereocenters. The Morgan fingerprint density at radius 3 is 2.70 bits per heavy atom. The third-order valence-electron chi connectivity index (χ3n) is 4.94. The van der Waals surface area contributed by atoms with Gasteiger partial charge in [0.25, 0.3) is 0 Å². The summed E-state index contributed by atoms with van der Waals surface area (Å²) in [6, 6.07) is 10.3. The third kappa shape index (κ3) is 2.84. The molecule has 0 amide bonds. The van der Waals surface area contributed by atoms with Crippen molar-refractivity contribution in [1.82, 2.24) is 10.2 Å². The minimum Gasteiger partial charge on any atom is -0.497 e. The van der Waals surface area contributed by atoms with Gasteiger partial charge >= 0.3 is 0 Å². The van der Waals surface area contributed by atoms with Crippen molar-refractivity contribution in [3.63, 3.8) is 0 Å². The largest absolute Gasteiger partial charge is 0.497 e. The van der Waals surface area contributed by atoms with E-state index < -0.39 is 0 Å². The number of nitrogens with zero attached hydrogens (tertiary/aromatic N) is 1. The number of rotatable bonds is 4. The molecular formula is C17H26N2O. The van der Waals surface area contributed by atoms with Crippen LogP contribution in [0.15, 0.2) is 24.3 Å². The summed E-state index contributed by atoms with van der Waals surface area (Å²) in [5, 5.41) is 3.85. The van der Waals surface area contributed by atoms with Gasteiger partial charge in [-0.15, -0.1) is 0 Å². The van der Waals surface area contributed by atoms with Crippen LogP contribution in [0.1, 0.15) is 44.2 Å². The predicted octanol–water partition coefficient (Wildman–Crippen LogP) is 2.97. The number of hydrogen-bond acceptors (Lipinski definition) is 3. The van der Waals surface area contributed by atoms with Gasteiger partial charge in [0, 0.05) is 24.7 Å². The molecule has 0 bridgehead atoms. The maximum Gasteiger partial charge on any atom is 0.118 e. The Labute approximate surface area is 122 Å². The minimum absolute atomic E-state index is 0.410. The molecule has 3 rings (SSSR count). The minimum atomic E-state index is 0.410. The van der Waals surface area contributed by atoms with Crippen molar-refractivity contribution in [2.24, 2.45) is 0 Å². The zero-order valence-electron chi connectivity index (χ0n) is 12.6. The van der Waals surface area contributed by atoms with Crippen molar-refractivity contribution < 1.29 is 4.74 Å². The van der Waals surface area contributed by atoms with E-state index in [1.165, 1.54) is 44.3 Å². The van der Waals surface area contributed by atoms with Gasteiger partial charge in [-0.1, -0.05) is 18.6 Å². The Bertz CT molecular complexity index is 431. The van der Waals surface area contributed by atoms with E-state index in [9.17, 15) is 0 Å². The van der Waals surface area contributed by atoms with Crippen molar-refractivity contribution in [3.05, 3.63) is 29.8 Å². The lowest BCUT2D eigenvalue weighted by molar-refractivity contribution is 0.177. The first-order valence-electron chi connectivity index (χ1n) is 7.92. The smallest absolute Gasteiger partial charge is 0.118 e. The first-order valence-corrected chi connectivity index (χ1v) is 7.92. The Hall–Kier alpha value is -1.06. The maximum absolute atomic E-state index is 5.23. The number of methoxy groups -OCH3 is 1. The fraction of sp³-hybridized carbons (Fsp3) is 0.647. The molecule has 0 aromatic heterocycles. The van der Waals surface area contributed by atoms with Crippen molar-refractivity contribution in [1.29, 1.82) is 0 Å². The Kier molecular flexibility index (Phi) is 4.27. The lowest BCUT2D eigenvalue weighted by Gasteiger charge is -2.34. The summed E-state index contributed by atoms with van der Waals surface area (Å²) in [7, 11) is 1.72. The highest BCUT2D eigenvalue weighted by molar-refractivity contribution is 5.29. The molecule has 1 aromatic carbocycles. The first kappa shape index (κ1) is 13.9. The van der Waals surface area contributed by atoms with Crippen LogP contribution in [0.25, 0.3) is 0 Å². The molecule has 2 unspecified atom stereocenters. The van der Waals surface area contributed by atoms with Gasteiger partial charge in [0.15, 0.2) is 0 Å².